The number of hydrogen-bond donors (Lipinski definition) is 3. The molecular formula is C28H26F2N4O6S. The average Bonchev–Trinajstić information content (AvgIpc) is 3.25. The van der Waals surface area contributed by atoms with E-state index in [2.05, 4.69) is 15.1 Å². The summed E-state index contributed by atoms with van der Waals surface area (Å²) < 4.78 is 63.4. The minimum absolute atomic E-state index is 0.0914. The maximum atomic E-state index is 13.6. The first-order chi connectivity index (χ1) is 19.4. The molecule has 41 heavy (non-hydrogen) atoms. The normalized spacial score (nSPS) is 12.1. The molecule has 4 aromatic rings. The van der Waals surface area contributed by atoms with Gasteiger partial charge in [-0.05, 0) is 87.0 Å². The van der Waals surface area contributed by atoms with Gasteiger partial charge in [-0.15, -0.1) is 0 Å². The van der Waals surface area contributed by atoms with Gasteiger partial charge in [0.05, 0.1) is 5.69 Å². The zero-order valence-electron chi connectivity index (χ0n) is 22.2. The van der Waals surface area contributed by atoms with Crippen LogP contribution < -0.4 is 14.8 Å². The second-order valence-electron chi connectivity index (χ2n) is 9.13. The number of rotatable bonds is 10. The van der Waals surface area contributed by atoms with Crippen LogP contribution in [0, 0.1) is 18.6 Å². The van der Waals surface area contributed by atoms with Crippen LogP contribution in [0.5, 0.6) is 11.6 Å². The van der Waals surface area contributed by atoms with Crippen LogP contribution in [-0.2, 0) is 10.0 Å². The lowest BCUT2D eigenvalue weighted by atomic mass is 10.2. The number of benzene rings is 3. The molecule has 0 saturated heterocycles. The lowest BCUT2D eigenvalue weighted by Gasteiger charge is -2.17. The molecule has 214 valence electrons. The summed E-state index contributed by atoms with van der Waals surface area (Å²) in [4.78, 5) is 24.2. The second kappa shape index (κ2) is 11.9. The van der Waals surface area contributed by atoms with Crippen LogP contribution in [0.25, 0.3) is 5.69 Å². The van der Waals surface area contributed by atoms with Crippen molar-refractivity contribution in [2.24, 2.45) is 0 Å². The Labute approximate surface area is 234 Å². The molecule has 13 heteroatoms. The Balaban J connectivity index is 1.80. The molecule has 1 atom stereocenters. The van der Waals surface area contributed by atoms with E-state index in [0.29, 0.717) is 6.42 Å². The van der Waals surface area contributed by atoms with Gasteiger partial charge in [0.1, 0.15) is 22.3 Å². The van der Waals surface area contributed by atoms with Gasteiger partial charge in [0.15, 0.2) is 5.69 Å². The number of carboxylic acids is 1. The first-order valence-electron chi connectivity index (χ1n) is 12.4. The van der Waals surface area contributed by atoms with Gasteiger partial charge < -0.3 is 15.2 Å². The molecule has 0 spiro atoms. The number of nitrogens with one attached hydrogen (secondary N) is 2. The number of ether oxygens (including phenoxy) is 1. The van der Waals surface area contributed by atoms with Crippen molar-refractivity contribution in [3.05, 3.63) is 95.2 Å². The molecule has 0 fully saturated rings. The maximum absolute atomic E-state index is 13.6. The Morgan fingerprint density at radius 3 is 2.22 bits per heavy atom. The number of aromatic carboxylic acids is 1. The van der Waals surface area contributed by atoms with Crippen LogP contribution in [0.3, 0.4) is 0 Å². The quantitative estimate of drug-likeness (QED) is 0.230. The summed E-state index contributed by atoms with van der Waals surface area (Å²) in [5.41, 5.74) is 0.255. The number of nitrogens with zero attached hydrogens (tertiary/aromatic N) is 2. The topological polar surface area (TPSA) is 140 Å². The lowest BCUT2D eigenvalue weighted by molar-refractivity contribution is 0.0689. The minimum Gasteiger partial charge on any atom is -0.476 e. The molecule has 0 bridgehead atoms. The first-order valence-corrected chi connectivity index (χ1v) is 13.9. The largest absolute Gasteiger partial charge is 0.476 e. The molecule has 4 rings (SSSR count). The van der Waals surface area contributed by atoms with Crippen LogP contribution in [0.1, 0.15) is 46.7 Å². The van der Waals surface area contributed by atoms with Crippen molar-refractivity contribution in [1.82, 2.24) is 14.5 Å². The lowest BCUT2D eigenvalue weighted by Crippen LogP contribution is -2.32. The molecule has 0 radical (unpaired) electrons. The minimum atomic E-state index is -4.23. The Hall–Kier alpha value is -4.62. The monoisotopic (exact) mass is 584 g/mol. The summed E-state index contributed by atoms with van der Waals surface area (Å²) in [7, 11) is -4.23. The highest BCUT2D eigenvalue weighted by atomic mass is 32.2. The molecule has 1 heterocycles. The molecule has 3 N–H and O–H groups in total. The molecule has 1 amide bonds. The number of halogens is 2. The number of hydrogen-bond acceptors (Lipinski definition) is 6. The van der Waals surface area contributed by atoms with Gasteiger partial charge in [-0.3, -0.25) is 4.79 Å². The summed E-state index contributed by atoms with van der Waals surface area (Å²) in [6, 6.07) is 13.3. The summed E-state index contributed by atoms with van der Waals surface area (Å²) in [5.74, 6) is -3.30. The molecule has 0 aliphatic heterocycles. The van der Waals surface area contributed by atoms with E-state index in [-0.39, 0.29) is 44.7 Å². The van der Waals surface area contributed by atoms with Crippen LogP contribution in [-0.4, -0.2) is 41.2 Å². The highest BCUT2D eigenvalue weighted by molar-refractivity contribution is 7.89. The van der Waals surface area contributed by atoms with Crippen LogP contribution in [0.4, 0.5) is 14.5 Å². The second-order valence-corrected chi connectivity index (χ2v) is 10.8. The third-order valence-corrected chi connectivity index (χ3v) is 7.73. The summed E-state index contributed by atoms with van der Waals surface area (Å²) in [6.45, 7) is 4.90. The van der Waals surface area contributed by atoms with Crippen molar-refractivity contribution in [3.8, 4) is 17.3 Å². The third-order valence-electron chi connectivity index (χ3n) is 6.11. The van der Waals surface area contributed by atoms with Crippen LogP contribution >= 0.6 is 0 Å². The fraction of sp³-hybridized carbons (Fsp3) is 0.179. The van der Waals surface area contributed by atoms with Gasteiger partial charge in [-0.25, -0.2) is 26.7 Å². The highest BCUT2D eigenvalue weighted by Crippen LogP contribution is 2.35. The Kier molecular flexibility index (Phi) is 8.49. The standard InChI is InChI=1S/C28H26F2N4O6S/c1-4-16(2)33-41(38,39)24-15-21(31-26(35)18-5-7-19(29)8-6-18)11-14-23(24)40-27-17(3)25(28(36)37)32-34(27)22-12-9-20(30)10-13-22/h5-16,33H,4H2,1-3H3,(H,31,35)(H,36,37). The maximum Gasteiger partial charge on any atom is 0.356 e. The van der Waals surface area contributed by atoms with E-state index in [0.717, 1.165) is 28.9 Å². The van der Waals surface area contributed by atoms with Crippen LogP contribution in [0.15, 0.2) is 71.6 Å². The van der Waals surface area contributed by atoms with Crippen molar-refractivity contribution < 1.29 is 36.6 Å². The molecule has 10 nitrogen and oxygen atoms in total. The number of sulfonamides is 1. The molecule has 1 aromatic heterocycles. The van der Waals surface area contributed by atoms with Crippen molar-refractivity contribution >= 4 is 27.6 Å². The smallest absolute Gasteiger partial charge is 0.356 e. The number of aromatic nitrogens is 2. The number of carboxylic acid groups (broad SMARTS) is 1. The number of carbonyl (C=O) groups is 2. The van der Waals surface area contributed by atoms with E-state index in [1.54, 1.807) is 13.8 Å². The van der Waals surface area contributed by atoms with Gasteiger partial charge in [-0.1, -0.05) is 6.92 Å². The third kappa shape index (κ3) is 6.58. The van der Waals surface area contributed by atoms with Crippen molar-refractivity contribution in [2.75, 3.05) is 5.32 Å². The van der Waals surface area contributed by atoms with Gasteiger partial charge >= 0.3 is 5.97 Å². The number of anilines is 1. The predicted molar refractivity (Wildman–Crippen MR) is 146 cm³/mol. The van der Waals surface area contributed by atoms with Gasteiger partial charge in [0.2, 0.25) is 15.9 Å². The van der Waals surface area contributed by atoms with Gasteiger partial charge in [0.25, 0.3) is 5.91 Å². The molecule has 0 aliphatic carbocycles. The zero-order valence-corrected chi connectivity index (χ0v) is 23.0. The van der Waals surface area contributed by atoms with Crippen molar-refractivity contribution in [2.45, 2.75) is 38.1 Å². The molecule has 0 aliphatic rings. The van der Waals surface area contributed by atoms with E-state index in [1.807, 2.05) is 0 Å². The summed E-state index contributed by atoms with van der Waals surface area (Å²) >= 11 is 0. The van der Waals surface area contributed by atoms with E-state index in [1.165, 1.54) is 49.4 Å². The Morgan fingerprint density at radius 2 is 1.63 bits per heavy atom. The van der Waals surface area contributed by atoms with Gasteiger partial charge in [0, 0.05) is 22.9 Å². The van der Waals surface area contributed by atoms with E-state index < -0.39 is 39.6 Å². The first kappa shape index (κ1) is 29.4. The highest BCUT2D eigenvalue weighted by Gasteiger charge is 2.27. The number of amides is 1. The predicted octanol–water partition coefficient (Wildman–Crippen LogP) is 5.28. The molecule has 3 aromatic carbocycles. The van der Waals surface area contributed by atoms with E-state index in [9.17, 15) is 31.9 Å². The molecular weight excluding hydrogens is 558 g/mol. The molecule has 0 saturated carbocycles. The van der Waals surface area contributed by atoms with Gasteiger partial charge in [-0.2, -0.15) is 9.78 Å². The SMILES string of the molecule is CCC(C)NS(=O)(=O)c1cc(NC(=O)c2ccc(F)cc2)ccc1Oc1c(C)c(C(=O)O)nn1-c1ccc(F)cc1. The van der Waals surface area contributed by atoms with E-state index >= 15 is 0 Å². The number of carbonyl (C=O) groups excluding carboxylic acids is 1. The van der Waals surface area contributed by atoms with Crippen LogP contribution in [0.2, 0.25) is 0 Å². The zero-order chi connectivity index (χ0) is 29.9. The van der Waals surface area contributed by atoms with Crippen molar-refractivity contribution in [3.63, 3.8) is 0 Å². The van der Waals surface area contributed by atoms with E-state index in [4.69, 9.17) is 4.74 Å². The molecule has 1 unspecified atom stereocenters. The van der Waals surface area contributed by atoms with Crippen molar-refractivity contribution in [1.29, 1.82) is 0 Å². The fourth-order valence-electron chi connectivity index (χ4n) is 3.76. The Morgan fingerprint density at radius 1 is 1.02 bits per heavy atom. The average molecular weight is 585 g/mol. The Bertz CT molecular complexity index is 1700. The fourth-order valence-corrected chi connectivity index (χ4v) is 5.24. The summed E-state index contributed by atoms with van der Waals surface area (Å²) in [6.07, 6.45) is 0.481. The summed E-state index contributed by atoms with van der Waals surface area (Å²) in [5, 5.41) is 16.3.